The third-order valence-corrected chi connectivity index (χ3v) is 2.23. The average molecular weight is 200 g/mol. The van der Waals surface area contributed by atoms with Gasteiger partial charge in [-0.1, -0.05) is 11.6 Å². The summed E-state index contributed by atoms with van der Waals surface area (Å²) in [7, 11) is 0. The number of aryl methyl sites for hydroxylation is 1. The van der Waals surface area contributed by atoms with E-state index in [-0.39, 0.29) is 23.6 Å². The molecule has 13 heavy (non-hydrogen) atoms. The monoisotopic (exact) mass is 199 g/mol. The molecular formula is C9H10ClNO2. The van der Waals surface area contributed by atoms with E-state index in [9.17, 15) is 9.90 Å². The minimum atomic E-state index is -0.274. The van der Waals surface area contributed by atoms with Crippen molar-refractivity contribution in [1.29, 1.82) is 0 Å². The molecule has 1 rings (SSSR count). The third-order valence-electron chi connectivity index (χ3n) is 1.73. The van der Waals surface area contributed by atoms with Gasteiger partial charge in [0, 0.05) is 5.56 Å². The Kier molecular flexibility index (Phi) is 2.90. The predicted octanol–water partition coefficient (Wildman–Crippen LogP) is 1.50. The molecule has 0 bridgehead atoms. The summed E-state index contributed by atoms with van der Waals surface area (Å²) in [5.41, 5.74) is 6.13. The van der Waals surface area contributed by atoms with Crippen molar-refractivity contribution >= 4 is 17.4 Å². The van der Waals surface area contributed by atoms with Crippen molar-refractivity contribution in [3.8, 4) is 5.75 Å². The molecule has 0 spiro atoms. The Morgan fingerprint density at radius 3 is 2.77 bits per heavy atom. The fourth-order valence-electron chi connectivity index (χ4n) is 1.06. The van der Waals surface area contributed by atoms with E-state index in [1.807, 2.05) is 0 Å². The largest absolute Gasteiger partial charge is 0.508 e. The van der Waals surface area contributed by atoms with Crippen LogP contribution in [0.3, 0.4) is 0 Å². The summed E-state index contributed by atoms with van der Waals surface area (Å²) in [5.74, 6) is -0.247. The maximum Gasteiger partial charge on any atom is 0.178 e. The number of hydrogen-bond acceptors (Lipinski definition) is 3. The lowest BCUT2D eigenvalue weighted by Crippen LogP contribution is -2.14. The van der Waals surface area contributed by atoms with Crippen LogP contribution in [0, 0.1) is 6.92 Å². The first-order valence-electron chi connectivity index (χ1n) is 3.78. The van der Waals surface area contributed by atoms with E-state index in [1.165, 1.54) is 12.1 Å². The van der Waals surface area contributed by atoms with Crippen LogP contribution in [-0.2, 0) is 0 Å². The number of halogens is 1. The van der Waals surface area contributed by atoms with Crippen molar-refractivity contribution in [1.82, 2.24) is 0 Å². The van der Waals surface area contributed by atoms with Gasteiger partial charge in [0.05, 0.1) is 11.6 Å². The zero-order chi connectivity index (χ0) is 10.0. The Labute approximate surface area is 81.1 Å². The van der Waals surface area contributed by atoms with Crippen LogP contribution < -0.4 is 5.73 Å². The molecule has 0 aromatic heterocycles. The van der Waals surface area contributed by atoms with Crippen LogP contribution in [0.15, 0.2) is 12.1 Å². The van der Waals surface area contributed by atoms with Gasteiger partial charge in [-0.05, 0) is 24.6 Å². The van der Waals surface area contributed by atoms with Crippen molar-refractivity contribution in [3.63, 3.8) is 0 Å². The van der Waals surface area contributed by atoms with Crippen molar-refractivity contribution in [2.45, 2.75) is 6.92 Å². The number of rotatable bonds is 2. The molecule has 0 saturated heterocycles. The summed E-state index contributed by atoms with van der Waals surface area (Å²) in [4.78, 5) is 11.2. The first kappa shape index (κ1) is 10.0. The number of Topliss-reactive ketones (excluding diaryl/α,β-unsaturated/α-hetero) is 1. The summed E-state index contributed by atoms with van der Waals surface area (Å²) < 4.78 is 0. The lowest BCUT2D eigenvalue weighted by atomic mass is 10.1. The molecule has 0 unspecified atom stereocenters. The van der Waals surface area contributed by atoms with Crippen molar-refractivity contribution in [2.75, 3.05) is 6.54 Å². The molecular weight excluding hydrogens is 190 g/mol. The highest BCUT2D eigenvalue weighted by Gasteiger charge is 2.11. The Balaban J connectivity index is 3.28. The highest BCUT2D eigenvalue weighted by atomic mass is 35.5. The highest BCUT2D eigenvalue weighted by Crippen LogP contribution is 2.25. The minimum Gasteiger partial charge on any atom is -0.508 e. The Morgan fingerprint density at radius 1 is 1.62 bits per heavy atom. The Hall–Kier alpha value is -1.06. The van der Waals surface area contributed by atoms with Gasteiger partial charge in [-0.25, -0.2) is 0 Å². The van der Waals surface area contributed by atoms with Gasteiger partial charge in [0.1, 0.15) is 5.75 Å². The van der Waals surface area contributed by atoms with E-state index in [0.717, 1.165) is 0 Å². The van der Waals surface area contributed by atoms with Crippen LogP contribution >= 0.6 is 11.6 Å². The van der Waals surface area contributed by atoms with Crippen LogP contribution in [0.4, 0.5) is 0 Å². The number of carbonyl (C=O) groups is 1. The first-order chi connectivity index (χ1) is 6.06. The van der Waals surface area contributed by atoms with Gasteiger partial charge >= 0.3 is 0 Å². The molecule has 0 saturated carbocycles. The minimum absolute atomic E-state index is 0.0266. The van der Waals surface area contributed by atoms with Crippen LogP contribution in [-0.4, -0.2) is 17.4 Å². The zero-order valence-electron chi connectivity index (χ0n) is 7.17. The number of nitrogens with two attached hydrogens (primary N) is 1. The topological polar surface area (TPSA) is 63.3 Å². The molecule has 0 radical (unpaired) electrons. The van der Waals surface area contributed by atoms with Gasteiger partial charge < -0.3 is 10.8 Å². The molecule has 0 amide bonds. The highest BCUT2D eigenvalue weighted by molar-refractivity contribution is 6.34. The van der Waals surface area contributed by atoms with Crippen LogP contribution in [0.1, 0.15) is 15.9 Å². The van der Waals surface area contributed by atoms with Crippen molar-refractivity contribution in [3.05, 3.63) is 28.3 Å². The number of hydrogen-bond donors (Lipinski definition) is 2. The van der Waals surface area contributed by atoms with Crippen molar-refractivity contribution in [2.24, 2.45) is 5.73 Å². The van der Waals surface area contributed by atoms with Crippen LogP contribution in [0.5, 0.6) is 5.75 Å². The van der Waals surface area contributed by atoms with Gasteiger partial charge in [-0.3, -0.25) is 4.79 Å². The average Bonchev–Trinajstić information content (AvgIpc) is 2.10. The third kappa shape index (κ3) is 1.99. The van der Waals surface area contributed by atoms with E-state index < -0.39 is 0 Å². The molecule has 1 aromatic rings. The maximum atomic E-state index is 11.2. The second-order valence-corrected chi connectivity index (χ2v) is 3.13. The molecule has 70 valence electrons. The van der Waals surface area contributed by atoms with Gasteiger partial charge in [-0.2, -0.15) is 0 Å². The van der Waals surface area contributed by atoms with E-state index >= 15 is 0 Å². The molecule has 0 fully saturated rings. The summed E-state index contributed by atoms with van der Waals surface area (Å²) in [5, 5.41) is 9.57. The summed E-state index contributed by atoms with van der Waals surface area (Å²) in [6.07, 6.45) is 0. The summed E-state index contributed by atoms with van der Waals surface area (Å²) in [6, 6.07) is 2.82. The lowest BCUT2D eigenvalue weighted by molar-refractivity contribution is 0.100. The van der Waals surface area contributed by atoms with E-state index in [1.54, 1.807) is 6.92 Å². The number of carbonyl (C=O) groups excluding carboxylic acids is 1. The molecule has 0 aliphatic rings. The molecule has 0 aliphatic carbocycles. The fourth-order valence-corrected chi connectivity index (χ4v) is 1.28. The van der Waals surface area contributed by atoms with E-state index in [0.29, 0.717) is 10.6 Å². The molecule has 3 nitrogen and oxygen atoms in total. The smallest absolute Gasteiger partial charge is 0.178 e. The maximum absolute atomic E-state index is 11.2. The van der Waals surface area contributed by atoms with Crippen LogP contribution in [0.25, 0.3) is 0 Å². The van der Waals surface area contributed by atoms with Gasteiger partial charge in [0.15, 0.2) is 5.78 Å². The first-order valence-corrected chi connectivity index (χ1v) is 4.16. The SMILES string of the molecule is Cc1cc(O)cc(C(=O)CN)c1Cl. The standard InChI is InChI=1S/C9H10ClNO2/c1-5-2-6(12)3-7(9(5)10)8(13)4-11/h2-3,12H,4,11H2,1H3. The number of benzene rings is 1. The Morgan fingerprint density at radius 2 is 2.23 bits per heavy atom. The quantitative estimate of drug-likeness (QED) is 0.710. The number of ketones is 1. The second-order valence-electron chi connectivity index (χ2n) is 2.75. The number of phenolic OH excluding ortho intramolecular Hbond substituents is 1. The van der Waals surface area contributed by atoms with Gasteiger partial charge in [0.2, 0.25) is 0 Å². The van der Waals surface area contributed by atoms with E-state index in [2.05, 4.69) is 0 Å². The Bertz CT molecular complexity index is 350. The molecule has 0 heterocycles. The van der Waals surface area contributed by atoms with Gasteiger partial charge in [-0.15, -0.1) is 0 Å². The second kappa shape index (κ2) is 3.77. The summed E-state index contributed by atoms with van der Waals surface area (Å²) in [6.45, 7) is 1.61. The number of phenols is 1. The predicted molar refractivity (Wildman–Crippen MR) is 51.2 cm³/mol. The normalized spacial score (nSPS) is 10.1. The summed E-state index contributed by atoms with van der Waals surface area (Å²) >= 11 is 5.85. The van der Waals surface area contributed by atoms with E-state index in [4.69, 9.17) is 17.3 Å². The molecule has 0 atom stereocenters. The lowest BCUT2D eigenvalue weighted by Gasteiger charge is -2.05. The van der Waals surface area contributed by atoms with Crippen molar-refractivity contribution < 1.29 is 9.90 Å². The fraction of sp³-hybridized carbons (Fsp3) is 0.222. The number of aromatic hydroxyl groups is 1. The molecule has 4 heteroatoms. The zero-order valence-corrected chi connectivity index (χ0v) is 7.93. The van der Waals surface area contributed by atoms with Gasteiger partial charge in [0.25, 0.3) is 0 Å². The van der Waals surface area contributed by atoms with Crippen LogP contribution in [0.2, 0.25) is 5.02 Å². The molecule has 0 aliphatic heterocycles. The molecule has 1 aromatic carbocycles. The molecule has 3 N–H and O–H groups in total.